The summed E-state index contributed by atoms with van der Waals surface area (Å²) in [6.45, 7) is 8.07. The molecule has 1 N–H and O–H groups in total. The Bertz CT molecular complexity index is 563. The van der Waals surface area contributed by atoms with Crippen molar-refractivity contribution in [3.8, 4) is 5.75 Å². The molecule has 1 aromatic heterocycles. The number of nitrogens with one attached hydrogen (secondary N) is 1. The van der Waals surface area contributed by atoms with Gasteiger partial charge in [-0.25, -0.2) is 4.98 Å². The lowest BCUT2D eigenvalue weighted by molar-refractivity contribution is 0.411. The number of aryl methyl sites for hydroxylation is 1. The summed E-state index contributed by atoms with van der Waals surface area (Å²) >= 11 is 0. The summed E-state index contributed by atoms with van der Waals surface area (Å²) in [5, 5.41) is 3.53. The summed E-state index contributed by atoms with van der Waals surface area (Å²) in [4.78, 5) is 4.37. The van der Waals surface area contributed by atoms with Crippen molar-refractivity contribution in [3.63, 3.8) is 0 Å². The Morgan fingerprint density at radius 3 is 2.75 bits per heavy atom. The van der Waals surface area contributed by atoms with Gasteiger partial charge >= 0.3 is 0 Å². The first-order valence-electron chi connectivity index (χ1n) is 7.01. The van der Waals surface area contributed by atoms with Gasteiger partial charge in [0, 0.05) is 12.2 Å². The van der Waals surface area contributed by atoms with Crippen LogP contribution in [0.1, 0.15) is 29.9 Å². The summed E-state index contributed by atoms with van der Waals surface area (Å²) < 4.78 is 7.51. The van der Waals surface area contributed by atoms with Crippen molar-refractivity contribution < 1.29 is 4.74 Å². The summed E-state index contributed by atoms with van der Waals surface area (Å²) in [6.07, 6.45) is 1.91. The van der Waals surface area contributed by atoms with Gasteiger partial charge in [-0.15, -0.1) is 0 Å². The van der Waals surface area contributed by atoms with Crippen LogP contribution in [-0.2, 0) is 6.54 Å². The number of rotatable bonds is 6. The molecule has 1 atom stereocenters. The zero-order chi connectivity index (χ0) is 14.5. The minimum absolute atomic E-state index is 0.252. The molecule has 1 aromatic carbocycles. The van der Waals surface area contributed by atoms with E-state index in [4.69, 9.17) is 4.74 Å². The van der Waals surface area contributed by atoms with Gasteiger partial charge in [0.1, 0.15) is 5.75 Å². The van der Waals surface area contributed by atoms with Crippen LogP contribution in [0.4, 0.5) is 0 Å². The first-order chi connectivity index (χ1) is 9.65. The lowest BCUT2D eigenvalue weighted by Crippen LogP contribution is -2.25. The molecule has 0 fully saturated rings. The largest absolute Gasteiger partial charge is 0.497 e. The van der Waals surface area contributed by atoms with E-state index in [9.17, 15) is 0 Å². The Morgan fingerprint density at radius 1 is 1.35 bits per heavy atom. The van der Waals surface area contributed by atoms with Gasteiger partial charge in [-0.05, 0) is 38.1 Å². The van der Waals surface area contributed by atoms with Crippen molar-refractivity contribution in [1.29, 1.82) is 0 Å². The molecular weight excluding hydrogens is 250 g/mol. The van der Waals surface area contributed by atoms with E-state index in [0.717, 1.165) is 24.5 Å². The second-order valence-electron chi connectivity index (χ2n) is 4.95. The van der Waals surface area contributed by atoms with Crippen LogP contribution in [0.5, 0.6) is 5.75 Å². The quantitative estimate of drug-likeness (QED) is 0.879. The minimum atomic E-state index is 0.252. The third kappa shape index (κ3) is 3.20. The van der Waals surface area contributed by atoms with Crippen LogP contribution in [0, 0.1) is 13.8 Å². The van der Waals surface area contributed by atoms with Crippen LogP contribution < -0.4 is 10.1 Å². The standard InChI is InChI=1S/C16H23N3O/c1-5-17-16(10-19-11-18-12(2)13(19)3)14-7-6-8-15(9-14)20-4/h6-9,11,16-17H,5,10H2,1-4H3. The predicted molar refractivity (Wildman–Crippen MR) is 81.1 cm³/mol. The number of nitrogens with zero attached hydrogens (tertiary/aromatic N) is 2. The molecular formula is C16H23N3O. The molecule has 0 bridgehead atoms. The Balaban J connectivity index is 2.24. The third-order valence-electron chi connectivity index (χ3n) is 3.67. The second kappa shape index (κ2) is 6.57. The van der Waals surface area contributed by atoms with E-state index in [-0.39, 0.29) is 6.04 Å². The fraction of sp³-hybridized carbons (Fsp3) is 0.438. The number of hydrogen-bond acceptors (Lipinski definition) is 3. The summed E-state index contributed by atoms with van der Waals surface area (Å²) in [7, 11) is 1.70. The molecule has 0 amide bonds. The van der Waals surface area contributed by atoms with Crippen LogP contribution in [0.2, 0.25) is 0 Å². The van der Waals surface area contributed by atoms with Gasteiger partial charge in [0.15, 0.2) is 0 Å². The van der Waals surface area contributed by atoms with E-state index in [0.29, 0.717) is 0 Å². The van der Waals surface area contributed by atoms with Crippen molar-refractivity contribution in [2.75, 3.05) is 13.7 Å². The molecule has 0 saturated carbocycles. The SMILES string of the molecule is CCNC(Cn1cnc(C)c1C)c1cccc(OC)c1. The number of hydrogen-bond donors (Lipinski definition) is 1. The van der Waals surface area contributed by atoms with Gasteiger partial charge in [0.25, 0.3) is 0 Å². The maximum Gasteiger partial charge on any atom is 0.119 e. The summed E-state index contributed by atoms with van der Waals surface area (Å²) in [5.41, 5.74) is 3.54. The average molecular weight is 273 g/mol. The highest BCUT2D eigenvalue weighted by atomic mass is 16.5. The van der Waals surface area contributed by atoms with Crippen LogP contribution >= 0.6 is 0 Å². The fourth-order valence-electron chi connectivity index (χ4n) is 2.32. The molecule has 4 nitrogen and oxygen atoms in total. The second-order valence-corrected chi connectivity index (χ2v) is 4.95. The van der Waals surface area contributed by atoms with Crippen molar-refractivity contribution in [2.45, 2.75) is 33.4 Å². The Hall–Kier alpha value is -1.81. The first-order valence-corrected chi connectivity index (χ1v) is 7.01. The van der Waals surface area contributed by atoms with E-state index < -0.39 is 0 Å². The average Bonchev–Trinajstić information content (AvgIpc) is 2.79. The van der Waals surface area contributed by atoms with E-state index in [1.54, 1.807) is 7.11 Å². The molecule has 1 unspecified atom stereocenters. The number of aromatic nitrogens is 2. The maximum absolute atomic E-state index is 5.31. The zero-order valence-corrected chi connectivity index (χ0v) is 12.7. The van der Waals surface area contributed by atoms with E-state index in [1.807, 2.05) is 25.4 Å². The number of likely N-dealkylation sites (N-methyl/N-ethyl adjacent to an activating group) is 1. The zero-order valence-electron chi connectivity index (χ0n) is 12.7. The molecule has 0 radical (unpaired) electrons. The van der Waals surface area contributed by atoms with Gasteiger partial charge in [0.05, 0.1) is 25.2 Å². The lowest BCUT2D eigenvalue weighted by atomic mass is 10.1. The van der Waals surface area contributed by atoms with Gasteiger partial charge in [0.2, 0.25) is 0 Å². The monoisotopic (exact) mass is 273 g/mol. The first kappa shape index (κ1) is 14.6. The lowest BCUT2D eigenvalue weighted by Gasteiger charge is -2.20. The number of methoxy groups -OCH3 is 1. The van der Waals surface area contributed by atoms with Crippen LogP contribution in [0.3, 0.4) is 0 Å². The fourth-order valence-corrected chi connectivity index (χ4v) is 2.32. The molecule has 108 valence electrons. The molecule has 2 aromatic rings. The Labute approximate surface area is 120 Å². The number of benzene rings is 1. The molecule has 20 heavy (non-hydrogen) atoms. The predicted octanol–water partition coefficient (Wildman–Crippen LogP) is 2.86. The van der Waals surface area contributed by atoms with E-state index in [2.05, 4.69) is 40.8 Å². The van der Waals surface area contributed by atoms with Gasteiger partial charge in [-0.2, -0.15) is 0 Å². The normalized spacial score (nSPS) is 12.4. The molecule has 0 aliphatic carbocycles. The Morgan fingerprint density at radius 2 is 2.15 bits per heavy atom. The Kier molecular flexibility index (Phi) is 4.79. The van der Waals surface area contributed by atoms with E-state index in [1.165, 1.54) is 11.3 Å². The number of imidazole rings is 1. The molecule has 4 heteroatoms. The highest BCUT2D eigenvalue weighted by Crippen LogP contribution is 2.21. The van der Waals surface area contributed by atoms with Crippen LogP contribution in [0.15, 0.2) is 30.6 Å². The number of ether oxygens (including phenoxy) is 1. The molecule has 0 aliphatic heterocycles. The van der Waals surface area contributed by atoms with Gasteiger partial charge < -0.3 is 14.6 Å². The summed E-state index contributed by atoms with van der Waals surface area (Å²) in [5.74, 6) is 0.893. The molecule has 2 rings (SSSR count). The minimum Gasteiger partial charge on any atom is -0.497 e. The molecule has 0 aliphatic rings. The van der Waals surface area contributed by atoms with Crippen LogP contribution in [-0.4, -0.2) is 23.2 Å². The van der Waals surface area contributed by atoms with E-state index >= 15 is 0 Å². The molecule has 0 saturated heterocycles. The van der Waals surface area contributed by atoms with Crippen molar-refractivity contribution >= 4 is 0 Å². The van der Waals surface area contributed by atoms with Gasteiger partial charge in [-0.1, -0.05) is 19.1 Å². The smallest absolute Gasteiger partial charge is 0.119 e. The maximum atomic E-state index is 5.31. The third-order valence-corrected chi connectivity index (χ3v) is 3.67. The highest BCUT2D eigenvalue weighted by Gasteiger charge is 2.13. The van der Waals surface area contributed by atoms with Gasteiger partial charge in [-0.3, -0.25) is 0 Å². The summed E-state index contributed by atoms with van der Waals surface area (Å²) in [6, 6.07) is 8.48. The molecule has 1 heterocycles. The van der Waals surface area contributed by atoms with Crippen molar-refractivity contribution in [2.24, 2.45) is 0 Å². The van der Waals surface area contributed by atoms with Crippen molar-refractivity contribution in [1.82, 2.24) is 14.9 Å². The van der Waals surface area contributed by atoms with Crippen LogP contribution in [0.25, 0.3) is 0 Å². The molecule has 0 spiro atoms. The highest BCUT2D eigenvalue weighted by molar-refractivity contribution is 5.30. The van der Waals surface area contributed by atoms with Crippen molar-refractivity contribution in [3.05, 3.63) is 47.5 Å². The topological polar surface area (TPSA) is 39.1 Å².